The predicted octanol–water partition coefficient (Wildman–Crippen LogP) is 1.95. The number of aryl methyl sites for hydroxylation is 1. The van der Waals surface area contributed by atoms with Gasteiger partial charge in [-0.25, -0.2) is 0 Å². The molecule has 21 heavy (non-hydrogen) atoms. The highest BCUT2D eigenvalue weighted by Crippen LogP contribution is 2.28. The number of hydrogen-bond donors (Lipinski definition) is 1. The molecule has 0 amide bonds. The molecule has 1 aliphatic rings. The van der Waals surface area contributed by atoms with Crippen molar-refractivity contribution >= 4 is 15.9 Å². The van der Waals surface area contributed by atoms with Crippen molar-refractivity contribution < 1.29 is 0 Å². The summed E-state index contributed by atoms with van der Waals surface area (Å²) in [5.41, 5.74) is 1.28. The van der Waals surface area contributed by atoms with Crippen LogP contribution >= 0.6 is 15.9 Å². The van der Waals surface area contributed by atoms with Crippen molar-refractivity contribution in [3.8, 4) is 0 Å². The Morgan fingerprint density at radius 2 is 2.19 bits per heavy atom. The van der Waals surface area contributed by atoms with Gasteiger partial charge in [0.15, 0.2) is 0 Å². The third-order valence-electron chi connectivity index (χ3n) is 4.44. The summed E-state index contributed by atoms with van der Waals surface area (Å²) in [5.74, 6) is 0. The van der Waals surface area contributed by atoms with E-state index >= 15 is 0 Å². The number of hydrogen-bond acceptors (Lipinski definition) is 4. The van der Waals surface area contributed by atoms with Crippen LogP contribution in [0.5, 0.6) is 0 Å². The summed E-state index contributed by atoms with van der Waals surface area (Å²) in [7, 11) is 6.50. The van der Waals surface area contributed by atoms with Crippen molar-refractivity contribution in [2.45, 2.75) is 38.4 Å². The molecule has 1 N–H and O–H groups in total. The molecule has 1 aromatic rings. The lowest BCUT2D eigenvalue weighted by Crippen LogP contribution is -2.51. The second-order valence-corrected chi connectivity index (χ2v) is 6.93. The molecule has 0 aliphatic carbocycles. The van der Waals surface area contributed by atoms with E-state index in [4.69, 9.17) is 0 Å². The van der Waals surface area contributed by atoms with Crippen LogP contribution in [0.15, 0.2) is 10.7 Å². The van der Waals surface area contributed by atoms with Crippen LogP contribution < -0.4 is 5.32 Å². The van der Waals surface area contributed by atoms with Gasteiger partial charge >= 0.3 is 0 Å². The third-order valence-corrected chi connectivity index (χ3v) is 5.05. The fourth-order valence-electron chi connectivity index (χ4n) is 3.10. The second kappa shape index (κ2) is 7.72. The summed E-state index contributed by atoms with van der Waals surface area (Å²) in [6.07, 6.45) is 4.13. The molecule has 0 radical (unpaired) electrons. The van der Waals surface area contributed by atoms with Crippen LogP contribution in [0.3, 0.4) is 0 Å². The standard InChI is InChI=1S/C15H28BrN5/c1-5-6-21-15(13(16)10-18-21)14(17-2)9-12-11-19(3)7-8-20(12)4/h10,12,14,17H,5-9,11H2,1-4H3. The number of nitrogens with one attached hydrogen (secondary N) is 1. The number of aromatic nitrogens is 2. The van der Waals surface area contributed by atoms with Crippen LogP contribution in [0.4, 0.5) is 0 Å². The normalized spacial score (nSPS) is 22.6. The number of halogens is 1. The molecule has 0 bridgehead atoms. The number of nitrogens with zero attached hydrogens (tertiary/aromatic N) is 4. The molecule has 0 saturated carbocycles. The van der Waals surface area contributed by atoms with E-state index in [0.29, 0.717) is 12.1 Å². The van der Waals surface area contributed by atoms with Crippen LogP contribution in [0.2, 0.25) is 0 Å². The molecule has 0 aromatic carbocycles. The molecule has 120 valence electrons. The zero-order chi connectivity index (χ0) is 15.4. The van der Waals surface area contributed by atoms with Gasteiger partial charge in [-0.1, -0.05) is 6.92 Å². The maximum atomic E-state index is 4.51. The molecule has 2 unspecified atom stereocenters. The molecule has 2 atom stereocenters. The monoisotopic (exact) mass is 357 g/mol. The summed E-state index contributed by atoms with van der Waals surface area (Å²) >= 11 is 3.67. The topological polar surface area (TPSA) is 36.3 Å². The first kappa shape index (κ1) is 16.9. The van der Waals surface area contributed by atoms with E-state index in [0.717, 1.165) is 43.5 Å². The van der Waals surface area contributed by atoms with Crippen molar-refractivity contribution in [3.63, 3.8) is 0 Å². The Hall–Kier alpha value is -0.430. The second-order valence-electron chi connectivity index (χ2n) is 6.07. The van der Waals surface area contributed by atoms with Gasteiger partial charge in [0.2, 0.25) is 0 Å². The molecular formula is C15H28BrN5. The van der Waals surface area contributed by atoms with Gasteiger partial charge in [-0.3, -0.25) is 4.68 Å². The smallest absolute Gasteiger partial charge is 0.0696 e. The Morgan fingerprint density at radius 1 is 1.43 bits per heavy atom. The predicted molar refractivity (Wildman–Crippen MR) is 90.6 cm³/mol. The van der Waals surface area contributed by atoms with Gasteiger partial charge in [-0.15, -0.1) is 0 Å². The van der Waals surface area contributed by atoms with Gasteiger partial charge < -0.3 is 15.1 Å². The summed E-state index contributed by atoms with van der Waals surface area (Å²) in [5, 5.41) is 8.00. The van der Waals surface area contributed by atoms with Gasteiger partial charge in [-0.05, 0) is 49.9 Å². The lowest BCUT2D eigenvalue weighted by Gasteiger charge is -2.39. The first-order valence-electron chi connectivity index (χ1n) is 7.84. The Bertz CT molecular complexity index is 447. The third kappa shape index (κ3) is 4.06. The molecule has 2 heterocycles. The Morgan fingerprint density at radius 3 is 2.86 bits per heavy atom. The molecule has 1 aliphatic heterocycles. The minimum Gasteiger partial charge on any atom is -0.312 e. The Labute approximate surface area is 136 Å². The summed E-state index contributed by atoms with van der Waals surface area (Å²) in [6.45, 7) is 6.60. The van der Waals surface area contributed by atoms with E-state index in [1.165, 1.54) is 5.69 Å². The SMILES string of the molecule is CCCn1ncc(Br)c1C(CC1CN(C)CCN1C)NC. The highest BCUT2D eigenvalue weighted by atomic mass is 79.9. The van der Waals surface area contributed by atoms with Crippen LogP contribution in [0.1, 0.15) is 31.5 Å². The van der Waals surface area contributed by atoms with Gasteiger partial charge in [-0.2, -0.15) is 5.10 Å². The number of piperazine rings is 1. The van der Waals surface area contributed by atoms with Gasteiger partial charge in [0.05, 0.1) is 22.4 Å². The molecule has 1 fully saturated rings. The first-order valence-corrected chi connectivity index (χ1v) is 8.63. The van der Waals surface area contributed by atoms with Crippen LogP contribution in [-0.2, 0) is 6.54 Å². The molecule has 0 spiro atoms. The largest absolute Gasteiger partial charge is 0.312 e. The minimum absolute atomic E-state index is 0.326. The van der Waals surface area contributed by atoms with Crippen molar-refractivity contribution in [2.75, 3.05) is 40.8 Å². The maximum absolute atomic E-state index is 4.51. The van der Waals surface area contributed by atoms with Crippen molar-refractivity contribution in [1.29, 1.82) is 0 Å². The van der Waals surface area contributed by atoms with E-state index in [9.17, 15) is 0 Å². The lowest BCUT2D eigenvalue weighted by molar-refractivity contribution is 0.101. The highest BCUT2D eigenvalue weighted by molar-refractivity contribution is 9.10. The zero-order valence-corrected chi connectivity index (χ0v) is 15.2. The Kier molecular flexibility index (Phi) is 6.22. The van der Waals surface area contributed by atoms with E-state index < -0.39 is 0 Å². The van der Waals surface area contributed by atoms with Crippen LogP contribution in [0.25, 0.3) is 0 Å². The van der Waals surface area contributed by atoms with Gasteiger partial charge in [0, 0.05) is 32.2 Å². The van der Waals surface area contributed by atoms with Gasteiger partial charge in [0.1, 0.15) is 0 Å². The summed E-state index contributed by atoms with van der Waals surface area (Å²) < 4.78 is 3.25. The van der Waals surface area contributed by atoms with Crippen LogP contribution in [-0.4, -0.2) is 66.4 Å². The van der Waals surface area contributed by atoms with E-state index in [1.807, 2.05) is 13.2 Å². The van der Waals surface area contributed by atoms with Crippen molar-refractivity contribution in [3.05, 3.63) is 16.4 Å². The number of rotatable bonds is 6. The minimum atomic E-state index is 0.326. The molecular weight excluding hydrogens is 330 g/mol. The highest BCUT2D eigenvalue weighted by Gasteiger charge is 2.27. The molecule has 1 aromatic heterocycles. The lowest BCUT2D eigenvalue weighted by atomic mass is 10.0. The molecule has 5 nitrogen and oxygen atoms in total. The van der Waals surface area contributed by atoms with E-state index in [-0.39, 0.29) is 0 Å². The average molecular weight is 358 g/mol. The van der Waals surface area contributed by atoms with E-state index in [2.05, 4.69) is 61.8 Å². The molecule has 2 rings (SSSR count). The van der Waals surface area contributed by atoms with Gasteiger partial charge in [0.25, 0.3) is 0 Å². The Balaban J connectivity index is 2.14. The quantitative estimate of drug-likeness (QED) is 0.844. The fourth-order valence-corrected chi connectivity index (χ4v) is 3.68. The number of likely N-dealkylation sites (N-methyl/N-ethyl adjacent to an activating group) is 2. The maximum Gasteiger partial charge on any atom is 0.0696 e. The average Bonchev–Trinajstić information content (AvgIpc) is 2.81. The molecule has 1 saturated heterocycles. The van der Waals surface area contributed by atoms with Crippen LogP contribution in [0, 0.1) is 0 Å². The fraction of sp³-hybridized carbons (Fsp3) is 0.800. The van der Waals surface area contributed by atoms with E-state index in [1.54, 1.807) is 0 Å². The first-order chi connectivity index (χ1) is 10.1. The van der Waals surface area contributed by atoms with Crippen molar-refractivity contribution in [1.82, 2.24) is 24.9 Å². The molecule has 6 heteroatoms. The zero-order valence-electron chi connectivity index (χ0n) is 13.6. The van der Waals surface area contributed by atoms with Crippen molar-refractivity contribution in [2.24, 2.45) is 0 Å². The summed E-state index contributed by atoms with van der Waals surface area (Å²) in [4.78, 5) is 4.91. The summed E-state index contributed by atoms with van der Waals surface area (Å²) in [6, 6.07) is 0.908.